The van der Waals surface area contributed by atoms with Gasteiger partial charge in [0.1, 0.15) is 5.82 Å². The minimum Gasteiger partial charge on any atom is -0.338 e. The van der Waals surface area contributed by atoms with Gasteiger partial charge in [-0.3, -0.25) is 14.7 Å². The molecule has 3 aliphatic rings. The van der Waals surface area contributed by atoms with E-state index in [0.29, 0.717) is 46.8 Å². The van der Waals surface area contributed by atoms with Crippen molar-refractivity contribution in [3.8, 4) is 0 Å². The van der Waals surface area contributed by atoms with E-state index in [1.54, 1.807) is 0 Å². The fourth-order valence-electron chi connectivity index (χ4n) is 8.18. The second-order valence-electron chi connectivity index (χ2n) is 12.4. The van der Waals surface area contributed by atoms with Crippen molar-refractivity contribution in [1.29, 1.82) is 0 Å². The second kappa shape index (κ2) is 11.3. The van der Waals surface area contributed by atoms with E-state index in [0.717, 1.165) is 37.1 Å². The third-order valence-electron chi connectivity index (χ3n) is 10.3. The summed E-state index contributed by atoms with van der Waals surface area (Å²) in [6.07, 6.45) is 10.9. The van der Waals surface area contributed by atoms with Gasteiger partial charge in [0.2, 0.25) is 0 Å². The minimum atomic E-state index is -0.100. The molecule has 3 saturated heterocycles. The maximum Gasteiger partial charge on any atom is 0.257 e. The van der Waals surface area contributed by atoms with Crippen molar-refractivity contribution in [3.05, 3.63) is 94.0 Å². The molecule has 1 unspecified atom stereocenters. The number of carbonyl (C=O) groups excluding carboxylic acids is 1. The molecule has 4 aromatic rings. The largest absolute Gasteiger partial charge is 0.338 e. The van der Waals surface area contributed by atoms with Gasteiger partial charge in [0.15, 0.2) is 0 Å². The molecule has 3 aliphatic heterocycles. The topological polar surface area (TPSA) is 54.3 Å². The average molecular weight is 603 g/mol. The molecule has 218 valence electrons. The van der Waals surface area contributed by atoms with E-state index in [4.69, 9.17) is 28.2 Å². The number of benzene rings is 2. The summed E-state index contributed by atoms with van der Waals surface area (Å²) in [4.78, 5) is 27.1. The average Bonchev–Trinajstić information content (AvgIpc) is 3.47. The van der Waals surface area contributed by atoms with Gasteiger partial charge in [-0.2, -0.15) is 0 Å². The molecule has 2 aromatic carbocycles. The summed E-state index contributed by atoms with van der Waals surface area (Å²) in [5.41, 5.74) is 4.16. The molecule has 0 radical (unpaired) electrons. The monoisotopic (exact) mass is 601 g/mol. The van der Waals surface area contributed by atoms with Gasteiger partial charge >= 0.3 is 0 Å². The van der Waals surface area contributed by atoms with Crippen LogP contribution in [0.5, 0.6) is 0 Å². The van der Waals surface area contributed by atoms with Crippen molar-refractivity contribution in [3.63, 3.8) is 0 Å². The van der Waals surface area contributed by atoms with Gasteiger partial charge in [-0.05, 0) is 81.5 Å². The summed E-state index contributed by atoms with van der Waals surface area (Å²) in [7, 11) is 0. The van der Waals surface area contributed by atoms with Crippen molar-refractivity contribution in [2.75, 3.05) is 19.6 Å². The lowest BCUT2D eigenvalue weighted by atomic mass is 9.70. The van der Waals surface area contributed by atoms with Crippen LogP contribution < -0.4 is 0 Å². The molecule has 6 nitrogen and oxygen atoms in total. The van der Waals surface area contributed by atoms with Gasteiger partial charge in [0.05, 0.1) is 26.6 Å². The molecule has 5 heterocycles. The maximum atomic E-state index is 13.4. The van der Waals surface area contributed by atoms with Crippen LogP contribution in [0, 0.1) is 6.92 Å². The quantitative estimate of drug-likeness (QED) is 0.230. The smallest absolute Gasteiger partial charge is 0.257 e. The maximum absolute atomic E-state index is 13.4. The SMILES string of the molecule is Cc1nc2ccccc2n1C1C[C@H]2CC[C@@H](C1)N2CCC1(c2ccccc2)CCN(C(=O)c2c(Cl)cncc2Cl)CC1. The Bertz CT molecular complexity index is 1560. The highest BCUT2D eigenvalue weighted by atomic mass is 35.5. The Hall–Kier alpha value is -2.93. The van der Waals surface area contributed by atoms with Gasteiger partial charge in [0, 0.05) is 43.6 Å². The Kier molecular flexibility index (Phi) is 7.49. The Morgan fingerprint density at radius 3 is 2.24 bits per heavy atom. The number of imidazole rings is 1. The van der Waals surface area contributed by atoms with Crippen molar-refractivity contribution in [1.82, 2.24) is 24.3 Å². The highest BCUT2D eigenvalue weighted by molar-refractivity contribution is 6.39. The number of piperidine rings is 2. The number of halogens is 2. The molecule has 8 heteroatoms. The van der Waals surface area contributed by atoms with Crippen LogP contribution in [0.15, 0.2) is 67.0 Å². The Morgan fingerprint density at radius 2 is 1.55 bits per heavy atom. The van der Waals surface area contributed by atoms with Crippen LogP contribution in [0.4, 0.5) is 0 Å². The van der Waals surface area contributed by atoms with Crippen LogP contribution in [0.3, 0.4) is 0 Å². The predicted molar refractivity (Wildman–Crippen MR) is 168 cm³/mol. The molecule has 0 aliphatic carbocycles. The number of hydrogen-bond acceptors (Lipinski definition) is 4. The van der Waals surface area contributed by atoms with Gasteiger partial charge in [-0.1, -0.05) is 65.7 Å². The molecule has 42 heavy (non-hydrogen) atoms. The first-order chi connectivity index (χ1) is 20.4. The first-order valence-corrected chi connectivity index (χ1v) is 16.0. The fraction of sp³-hybridized carbons (Fsp3) is 0.441. The highest BCUT2D eigenvalue weighted by Crippen LogP contribution is 2.45. The number of nitrogens with zero attached hydrogens (tertiary/aromatic N) is 5. The predicted octanol–water partition coefficient (Wildman–Crippen LogP) is 7.48. The Morgan fingerprint density at radius 1 is 0.905 bits per heavy atom. The lowest BCUT2D eigenvalue weighted by molar-refractivity contribution is 0.0607. The molecule has 0 N–H and O–H groups in total. The summed E-state index contributed by atoms with van der Waals surface area (Å²) < 4.78 is 2.51. The van der Waals surface area contributed by atoms with Crippen molar-refractivity contribution in [2.24, 2.45) is 0 Å². The Labute approximate surface area is 257 Å². The van der Waals surface area contributed by atoms with E-state index in [2.05, 4.69) is 76.0 Å². The number of aromatic nitrogens is 3. The molecule has 1 amide bonds. The standard InChI is InChI=1S/C34H37Cl2N5O/c1-23-38-30-9-5-6-10-31(30)41(23)27-19-25-11-12-26(20-27)40(25)18-15-34(24-7-3-2-4-8-24)13-16-39(17-14-34)33(42)32-28(35)21-37-22-29(32)36/h2-10,21-22,25-27H,11-20H2,1H3/t25-,26+,27?. The zero-order valence-corrected chi connectivity index (χ0v) is 25.6. The van der Waals surface area contributed by atoms with Gasteiger partial charge in [0.25, 0.3) is 5.91 Å². The van der Waals surface area contributed by atoms with Crippen LogP contribution in [-0.4, -0.2) is 62.0 Å². The van der Waals surface area contributed by atoms with E-state index < -0.39 is 0 Å². The molecule has 2 bridgehead atoms. The number of amides is 1. The van der Waals surface area contributed by atoms with E-state index in [1.807, 2.05) is 4.90 Å². The summed E-state index contributed by atoms with van der Waals surface area (Å²) >= 11 is 12.7. The lowest BCUT2D eigenvalue weighted by Crippen LogP contribution is -2.49. The van der Waals surface area contributed by atoms with Gasteiger partial charge in [-0.25, -0.2) is 4.98 Å². The molecule has 0 saturated carbocycles. The summed E-state index contributed by atoms with van der Waals surface area (Å²) in [6.45, 7) is 4.62. The third kappa shape index (κ3) is 4.91. The van der Waals surface area contributed by atoms with E-state index >= 15 is 0 Å². The number of pyridine rings is 1. The molecular formula is C34H37Cl2N5O. The van der Waals surface area contributed by atoms with Crippen LogP contribution >= 0.6 is 23.2 Å². The third-order valence-corrected chi connectivity index (χ3v) is 10.9. The molecular weight excluding hydrogens is 565 g/mol. The number of rotatable bonds is 6. The molecule has 3 atom stereocenters. The summed E-state index contributed by atoms with van der Waals surface area (Å²) in [5.74, 6) is 1.03. The summed E-state index contributed by atoms with van der Waals surface area (Å²) in [5, 5.41) is 0.621. The number of carbonyl (C=O) groups is 1. The van der Waals surface area contributed by atoms with Crippen LogP contribution in [0.25, 0.3) is 11.0 Å². The van der Waals surface area contributed by atoms with Crippen LogP contribution in [0.2, 0.25) is 10.0 Å². The number of aryl methyl sites for hydroxylation is 1. The number of fused-ring (bicyclic) bond motifs is 3. The zero-order valence-electron chi connectivity index (χ0n) is 24.1. The second-order valence-corrected chi connectivity index (χ2v) is 13.2. The molecule has 2 aromatic heterocycles. The highest BCUT2D eigenvalue weighted by Gasteiger charge is 2.44. The molecule has 3 fully saturated rings. The fourth-order valence-corrected chi connectivity index (χ4v) is 8.70. The molecule has 7 rings (SSSR count). The first kappa shape index (κ1) is 27.9. The van der Waals surface area contributed by atoms with Gasteiger partial charge < -0.3 is 9.47 Å². The van der Waals surface area contributed by atoms with Crippen LogP contribution in [-0.2, 0) is 5.41 Å². The van der Waals surface area contributed by atoms with E-state index in [-0.39, 0.29) is 11.3 Å². The van der Waals surface area contributed by atoms with Gasteiger partial charge in [-0.15, -0.1) is 0 Å². The van der Waals surface area contributed by atoms with Crippen molar-refractivity contribution >= 4 is 40.1 Å². The van der Waals surface area contributed by atoms with E-state index in [1.165, 1.54) is 49.2 Å². The number of hydrogen-bond donors (Lipinski definition) is 0. The lowest BCUT2D eigenvalue weighted by Gasteiger charge is -2.45. The number of para-hydroxylation sites is 2. The van der Waals surface area contributed by atoms with Crippen molar-refractivity contribution < 1.29 is 4.79 Å². The molecule has 0 spiro atoms. The van der Waals surface area contributed by atoms with Crippen molar-refractivity contribution in [2.45, 2.75) is 75.4 Å². The minimum absolute atomic E-state index is 0.0390. The summed E-state index contributed by atoms with van der Waals surface area (Å²) in [6, 6.07) is 21.3. The Balaban J connectivity index is 1.07. The van der Waals surface area contributed by atoms with E-state index in [9.17, 15) is 4.79 Å². The zero-order chi connectivity index (χ0) is 28.8. The van der Waals surface area contributed by atoms with Crippen LogP contribution in [0.1, 0.15) is 72.7 Å². The normalized spacial score (nSPS) is 23.9. The first-order valence-electron chi connectivity index (χ1n) is 15.3. The number of likely N-dealkylation sites (tertiary alicyclic amines) is 1.